The predicted octanol–water partition coefficient (Wildman–Crippen LogP) is 4.70. The Morgan fingerprint density at radius 2 is 1.65 bits per heavy atom. The molecule has 0 heterocycles. The van der Waals surface area contributed by atoms with Gasteiger partial charge in [-0.1, -0.05) is 42.1 Å². The number of nitrogen functional groups attached to an aromatic ring is 1. The van der Waals surface area contributed by atoms with Crippen molar-refractivity contribution in [3.8, 4) is 11.5 Å². The van der Waals surface area contributed by atoms with E-state index >= 15 is 0 Å². The maximum Gasteiger partial charge on any atom is 0.121 e. The van der Waals surface area contributed by atoms with E-state index in [4.69, 9.17) is 10.5 Å². The molecule has 0 spiro atoms. The molecule has 0 aromatic heterocycles. The van der Waals surface area contributed by atoms with Gasteiger partial charge in [0.25, 0.3) is 0 Å². The third-order valence-electron chi connectivity index (χ3n) is 3.30. The molecule has 116 valence electrons. The topological polar surface area (TPSA) is 55.5 Å². The first-order chi connectivity index (χ1) is 11.2. The molecule has 0 aliphatic rings. The van der Waals surface area contributed by atoms with Gasteiger partial charge in [0.2, 0.25) is 0 Å². The Hall–Kier alpha value is -2.59. The number of hydrogen-bond acceptors (Lipinski definition) is 4. The van der Waals surface area contributed by atoms with E-state index in [1.165, 1.54) is 0 Å². The monoisotopic (exact) mass is 323 g/mol. The Morgan fingerprint density at radius 3 is 2.39 bits per heavy atom. The average Bonchev–Trinajstić information content (AvgIpc) is 2.58. The number of phenolic OH excluding ortho intramolecular Hbond substituents is 1. The fraction of sp³-hybridized carbons (Fsp3) is 0.0526. The number of rotatable bonds is 5. The third kappa shape index (κ3) is 4.20. The molecule has 3 aromatic carbocycles. The van der Waals surface area contributed by atoms with Gasteiger partial charge >= 0.3 is 0 Å². The molecule has 0 bridgehead atoms. The first-order valence-corrected chi connectivity index (χ1v) is 8.05. The highest BCUT2D eigenvalue weighted by Gasteiger charge is 2.05. The van der Waals surface area contributed by atoms with E-state index in [0.29, 0.717) is 12.3 Å². The predicted molar refractivity (Wildman–Crippen MR) is 93.9 cm³/mol. The van der Waals surface area contributed by atoms with Crippen molar-refractivity contribution in [1.29, 1.82) is 0 Å². The zero-order chi connectivity index (χ0) is 16.1. The number of aromatic hydroxyl groups is 1. The van der Waals surface area contributed by atoms with Crippen molar-refractivity contribution in [3.05, 3.63) is 78.4 Å². The summed E-state index contributed by atoms with van der Waals surface area (Å²) in [7, 11) is 0. The average molecular weight is 323 g/mol. The lowest BCUT2D eigenvalue weighted by molar-refractivity contribution is 0.305. The summed E-state index contributed by atoms with van der Waals surface area (Å²) in [5.41, 5.74) is 7.87. The van der Waals surface area contributed by atoms with Crippen LogP contribution in [-0.2, 0) is 6.61 Å². The Labute approximate surface area is 139 Å². The van der Waals surface area contributed by atoms with Crippen LogP contribution in [0.15, 0.2) is 82.6 Å². The molecule has 3 aromatic rings. The van der Waals surface area contributed by atoms with Gasteiger partial charge in [0, 0.05) is 15.5 Å². The van der Waals surface area contributed by atoms with Crippen LogP contribution >= 0.6 is 11.8 Å². The highest BCUT2D eigenvalue weighted by molar-refractivity contribution is 7.99. The molecule has 0 aliphatic heterocycles. The number of ether oxygens (including phenoxy) is 1. The minimum atomic E-state index is 0.252. The van der Waals surface area contributed by atoms with Crippen LogP contribution in [0.4, 0.5) is 5.69 Å². The van der Waals surface area contributed by atoms with Gasteiger partial charge in [0.15, 0.2) is 0 Å². The molecule has 0 radical (unpaired) electrons. The van der Waals surface area contributed by atoms with Crippen molar-refractivity contribution < 1.29 is 9.84 Å². The van der Waals surface area contributed by atoms with Crippen LogP contribution in [0.2, 0.25) is 0 Å². The molecule has 3 N–H and O–H groups in total. The van der Waals surface area contributed by atoms with Gasteiger partial charge in [0.05, 0.1) is 0 Å². The van der Waals surface area contributed by atoms with E-state index in [1.807, 2.05) is 60.7 Å². The van der Waals surface area contributed by atoms with Crippen LogP contribution in [0.3, 0.4) is 0 Å². The Kier molecular flexibility index (Phi) is 4.74. The van der Waals surface area contributed by atoms with E-state index < -0.39 is 0 Å². The molecular weight excluding hydrogens is 306 g/mol. The minimum Gasteiger partial charge on any atom is -0.508 e. The van der Waals surface area contributed by atoms with Crippen molar-refractivity contribution in [3.63, 3.8) is 0 Å². The number of anilines is 1. The lowest BCUT2D eigenvalue weighted by Crippen LogP contribution is -1.96. The summed E-state index contributed by atoms with van der Waals surface area (Å²) in [5.74, 6) is 1.03. The molecule has 0 saturated carbocycles. The molecule has 0 unspecified atom stereocenters. The van der Waals surface area contributed by atoms with E-state index in [0.717, 1.165) is 21.1 Å². The van der Waals surface area contributed by atoms with Crippen LogP contribution in [-0.4, -0.2) is 5.11 Å². The van der Waals surface area contributed by atoms with Crippen LogP contribution < -0.4 is 10.5 Å². The standard InChI is InChI=1S/C19H17NO2S/c20-18-11-8-16(22-13-14-4-2-1-3-5-14)12-19(18)23-17-9-6-15(21)7-10-17/h1-12,21H,13,20H2. The summed E-state index contributed by atoms with van der Waals surface area (Å²) < 4.78 is 5.84. The summed E-state index contributed by atoms with van der Waals surface area (Å²) in [6.07, 6.45) is 0. The molecule has 3 rings (SSSR count). The number of hydrogen-bond donors (Lipinski definition) is 2. The van der Waals surface area contributed by atoms with E-state index in [1.54, 1.807) is 23.9 Å². The molecule has 0 atom stereocenters. The lowest BCUT2D eigenvalue weighted by Gasteiger charge is -2.10. The van der Waals surface area contributed by atoms with E-state index in [9.17, 15) is 5.11 Å². The quantitative estimate of drug-likeness (QED) is 0.668. The molecular formula is C19H17NO2S. The van der Waals surface area contributed by atoms with Crippen molar-refractivity contribution in [2.75, 3.05) is 5.73 Å². The van der Waals surface area contributed by atoms with Crippen LogP contribution in [0.25, 0.3) is 0 Å². The summed E-state index contributed by atoms with van der Waals surface area (Å²) >= 11 is 1.54. The second-order valence-corrected chi connectivity index (χ2v) is 6.19. The molecule has 3 nitrogen and oxygen atoms in total. The van der Waals surface area contributed by atoms with Gasteiger partial charge in [-0.15, -0.1) is 0 Å². The maximum atomic E-state index is 9.35. The molecule has 0 aliphatic carbocycles. The molecule has 0 fully saturated rings. The highest BCUT2D eigenvalue weighted by Crippen LogP contribution is 2.35. The van der Waals surface area contributed by atoms with Crippen LogP contribution in [0, 0.1) is 0 Å². The highest BCUT2D eigenvalue weighted by atomic mass is 32.2. The van der Waals surface area contributed by atoms with Crippen LogP contribution in [0.1, 0.15) is 5.56 Å². The van der Waals surface area contributed by atoms with Gasteiger partial charge < -0.3 is 15.6 Å². The third-order valence-corrected chi connectivity index (χ3v) is 4.38. The van der Waals surface area contributed by atoms with E-state index in [-0.39, 0.29) is 5.75 Å². The van der Waals surface area contributed by atoms with Crippen LogP contribution in [0.5, 0.6) is 11.5 Å². The van der Waals surface area contributed by atoms with Gasteiger partial charge in [-0.05, 0) is 48.0 Å². The fourth-order valence-electron chi connectivity index (χ4n) is 2.07. The molecule has 23 heavy (non-hydrogen) atoms. The van der Waals surface area contributed by atoms with Crippen molar-refractivity contribution >= 4 is 17.4 Å². The second-order valence-electron chi connectivity index (χ2n) is 5.07. The molecule has 0 saturated heterocycles. The number of benzene rings is 3. The SMILES string of the molecule is Nc1ccc(OCc2ccccc2)cc1Sc1ccc(O)cc1. The summed E-state index contributed by atoms with van der Waals surface area (Å²) in [4.78, 5) is 1.94. The Morgan fingerprint density at radius 1 is 0.913 bits per heavy atom. The first-order valence-electron chi connectivity index (χ1n) is 7.24. The summed E-state index contributed by atoms with van der Waals surface area (Å²) in [6.45, 7) is 0.522. The van der Waals surface area contributed by atoms with Crippen molar-refractivity contribution in [2.24, 2.45) is 0 Å². The van der Waals surface area contributed by atoms with Gasteiger partial charge in [-0.25, -0.2) is 0 Å². The lowest BCUT2D eigenvalue weighted by atomic mass is 10.2. The normalized spacial score (nSPS) is 10.4. The van der Waals surface area contributed by atoms with Crippen molar-refractivity contribution in [1.82, 2.24) is 0 Å². The van der Waals surface area contributed by atoms with E-state index in [2.05, 4.69) is 0 Å². The van der Waals surface area contributed by atoms with Gasteiger partial charge in [-0.3, -0.25) is 0 Å². The number of nitrogens with two attached hydrogens (primary N) is 1. The zero-order valence-electron chi connectivity index (χ0n) is 12.5. The van der Waals surface area contributed by atoms with Crippen molar-refractivity contribution in [2.45, 2.75) is 16.4 Å². The zero-order valence-corrected chi connectivity index (χ0v) is 13.3. The summed E-state index contributed by atoms with van der Waals surface area (Å²) in [6, 6.07) is 22.7. The fourth-order valence-corrected chi connectivity index (χ4v) is 2.96. The maximum absolute atomic E-state index is 9.35. The first kappa shape index (κ1) is 15.3. The minimum absolute atomic E-state index is 0.252. The number of phenols is 1. The smallest absolute Gasteiger partial charge is 0.121 e. The summed E-state index contributed by atoms with van der Waals surface area (Å²) in [5, 5.41) is 9.35. The van der Waals surface area contributed by atoms with Gasteiger partial charge in [-0.2, -0.15) is 0 Å². The second kappa shape index (κ2) is 7.11. The Balaban J connectivity index is 1.72. The molecule has 0 amide bonds. The molecule has 4 heteroatoms. The largest absolute Gasteiger partial charge is 0.508 e. The Bertz CT molecular complexity index is 773. The van der Waals surface area contributed by atoms with Gasteiger partial charge in [0.1, 0.15) is 18.1 Å².